The highest BCUT2D eigenvalue weighted by Crippen LogP contribution is 2.39. The molecule has 0 aromatic heterocycles. The maximum Gasteiger partial charge on any atom is 0.311 e. The van der Waals surface area contributed by atoms with Crippen molar-refractivity contribution in [3.8, 4) is 5.75 Å². The van der Waals surface area contributed by atoms with E-state index < -0.39 is 0 Å². The molecule has 0 saturated carbocycles. The number of methoxy groups -OCH3 is 1. The summed E-state index contributed by atoms with van der Waals surface area (Å²) in [6.07, 6.45) is 1.02. The molecule has 5 heteroatoms. The van der Waals surface area contributed by atoms with Crippen LogP contribution in [-0.2, 0) is 0 Å². The molecule has 0 aliphatic carbocycles. The number of nitro benzene ring substituents is 1. The van der Waals surface area contributed by atoms with E-state index in [-0.39, 0.29) is 10.6 Å². The van der Waals surface area contributed by atoms with Crippen LogP contribution in [0.25, 0.3) is 0 Å². The zero-order chi connectivity index (χ0) is 14.0. The molecule has 0 N–H and O–H groups in total. The second kappa shape index (κ2) is 5.57. The third-order valence-electron chi connectivity index (χ3n) is 3.82. The number of benzene rings is 1. The normalized spacial score (nSPS) is 19.9. The quantitative estimate of drug-likeness (QED) is 0.620. The monoisotopic (exact) mass is 264 g/mol. The fourth-order valence-corrected chi connectivity index (χ4v) is 2.74. The van der Waals surface area contributed by atoms with E-state index in [1.807, 2.05) is 6.07 Å². The van der Waals surface area contributed by atoms with Crippen LogP contribution in [0, 0.1) is 10.1 Å². The maximum absolute atomic E-state index is 11.0. The summed E-state index contributed by atoms with van der Waals surface area (Å²) in [5.41, 5.74) is 1.02. The first-order valence-corrected chi connectivity index (χ1v) is 6.60. The Morgan fingerprint density at radius 3 is 2.74 bits per heavy atom. The highest BCUT2D eigenvalue weighted by atomic mass is 16.6. The predicted octanol–water partition coefficient (Wildman–Crippen LogP) is 2.80. The van der Waals surface area contributed by atoms with Crippen molar-refractivity contribution in [1.29, 1.82) is 0 Å². The topological polar surface area (TPSA) is 55.6 Å². The maximum atomic E-state index is 11.0. The summed E-state index contributed by atoms with van der Waals surface area (Å²) in [6, 6.07) is 5.70. The molecule has 0 radical (unpaired) electrons. The van der Waals surface area contributed by atoms with Crippen LogP contribution < -0.4 is 4.74 Å². The number of ether oxygens (including phenoxy) is 1. The Hall–Kier alpha value is -1.62. The standard InChI is InChI=1S/C14H20N2O3/c1-10(2)15-8-7-11(9-15)12-5-4-6-13(16(17)18)14(12)19-3/h4-6,10-11H,7-9H2,1-3H3. The van der Waals surface area contributed by atoms with Gasteiger partial charge in [-0.2, -0.15) is 0 Å². The lowest BCUT2D eigenvalue weighted by Gasteiger charge is -2.20. The third kappa shape index (κ3) is 2.71. The Balaban J connectivity index is 2.30. The number of para-hydroxylation sites is 1. The van der Waals surface area contributed by atoms with Gasteiger partial charge in [-0.1, -0.05) is 12.1 Å². The molecular weight excluding hydrogens is 244 g/mol. The van der Waals surface area contributed by atoms with E-state index in [1.54, 1.807) is 6.07 Å². The average molecular weight is 264 g/mol. The number of rotatable bonds is 4. The molecule has 1 heterocycles. The van der Waals surface area contributed by atoms with E-state index in [9.17, 15) is 10.1 Å². The Morgan fingerprint density at radius 1 is 1.47 bits per heavy atom. The molecule has 0 spiro atoms. The van der Waals surface area contributed by atoms with Gasteiger partial charge in [-0.05, 0) is 26.8 Å². The second-order valence-corrected chi connectivity index (χ2v) is 5.23. The van der Waals surface area contributed by atoms with E-state index >= 15 is 0 Å². The summed E-state index contributed by atoms with van der Waals surface area (Å²) in [7, 11) is 1.50. The number of nitrogens with zero attached hydrogens (tertiary/aromatic N) is 2. The summed E-state index contributed by atoms with van der Waals surface area (Å²) in [4.78, 5) is 13.0. The Labute approximate surface area is 113 Å². The van der Waals surface area contributed by atoms with Crippen LogP contribution in [0.1, 0.15) is 31.7 Å². The van der Waals surface area contributed by atoms with Crippen LogP contribution in [0.5, 0.6) is 5.75 Å². The van der Waals surface area contributed by atoms with Gasteiger partial charge in [0.25, 0.3) is 0 Å². The lowest BCUT2D eigenvalue weighted by atomic mass is 9.96. The van der Waals surface area contributed by atoms with Crippen LogP contribution in [0.3, 0.4) is 0 Å². The number of hydrogen-bond acceptors (Lipinski definition) is 4. The van der Waals surface area contributed by atoms with Crippen molar-refractivity contribution < 1.29 is 9.66 Å². The molecule has 1 aromatic rings. The predicted molar refractivity (Wildman–Crippen MR) is 73.7 cm³/mol. The largest absolute Gasteiger partial charge is 0.490 e. The van der Waals surface area contributed by atoms with Crippen molar-refractivity contribution in [3.63, 3.8) is 0 Å². The van der Waals surface area contributed by atoms with Crippen LogP contribution in [0.15, 0.2) is 18.2 Å². The fraction of sp³-hybridized carbons (Fsp3) is 0.571. The van der Waals surface area contributed by atoms with Gasteiger partial charge in [0, 0.05) is 30.1 Å². The van der Waals surface area contributed by atoms with Crippen LogP contribution >= 0.6 is 0 Å². The van der Waals surface area contributed by atoms with Gasteiger partial charge in [0.05, 0.1) is 12.0 Å². The number of hydrogen-bond donors (Lipinski definition) is 0. The smallest absolute Gasteiger partial charge is 0.311 e. The van der Waals surface area contributed by atoms with Crippen molar-refractivity contribution in [2.24, 2.45) is 0 Å². The summed E-state index contributed by atoms with van der Waals surface area (Å²) in [5, 5.41) is 11.0. The van der Waals surface area contributed by atoms with Crippen LogP contribution in [0.4, 0.5) is 5.69 Å². The van der Waals surface area contributed by atoms with E-state index in [2.05, 4.69) is 18.7 Å². The third-order valence-corrected chi connectivity index (χ3v) is 3.82. The zero-order valence-electron chi connectivity index (χ0n) is 11.6. The Morgan fingerprint density at radius 2 is 2.21 bits per heavy atom. The summed E-state index contributed by atoms with van der Waals surface area (Å²) < 4.78 is 5.29. The van der Waals surface area contributed by atoms with Gasteiger partial charge in [-0.25, -0.2) is 0 Å². The van der Waals surface area contributed by atoms with Gasteiger partial charge in [-0.15, -0.1) is 0 Å². The minimum absolute atomic E-state index is 0.0583. The molecule has 19 heavy (non-hydrogen) atoms. The Bertz CT molecular complexity index is 474. The van der Waals surface area contributed by atoms with Crippen molar-refractivity contribution in [2.75, 3.05) is 20.2 Å². The first kappa shape index (κ1) is 13.8. The van der Waals surface area contributed by atoms with Crippen molar-refractivity contribution in [3.05, 3.63) is 33.9 Å². The SMILES string of the molecule is COc1c(C2CCN(C(C)C)C2)cccc1[N+](=O)[O-]. The summed E-state index contributed by atoms with van der Waals surface area (Å²) in [5.74, 6) is 0.736. The van der Waals surface area contributed by atoms with Crippen LogP contribution in [0.2, 0.25) is 0 Å². The molecule has 2 rings (SSSR count). The number of likely N-dealkylation sites (tertiary alicyclic amines) is 1. The van der Waals surface area contributed by atoms with E-state index in [4.69, 9.17) is 4.74 Å². The lowest BCUT2D eigenvalue weighted by Crippen LogP contribution is -2.27. The van der Waals surface area contributed by atoms with Gasteiger partial charge in [0.2, 0.25) is 0 Å². The van der Waals surface area contributed by atoms with Crippen molar-refractivity contribution >= 4 is 5.69 Å². The van der Waals surface area contributed by atoms with E-state index in [0.29, 0.717) is 17.7 Å². The molecule has 1 aliphatic rings. The molecular formula is C14H20N2O3. The van der Waals surface area contributed by atoms with Crippen LogP contribution in [-0.4, -0.2) is 36.1 Å². The molecule has 1 atom stereocenters. The summed E-state index contributed by atoms with van der Waals surface area (Å²) in [6.45, 7) is 6.32. The molecule has 1 fully saturated rings. The molecule has 0 bridgehead atoms. The fourth-order valence-electron chi connectivity index (χ4n) is 2.74. The van der Waals surface area contributed by atoms with E-state index in [0.717, 1.165) is 25.1 Å². The van der Waals surface area contributed by atoms with E-state index in [1.165, 1.54) is 13.2 Å². The zero-order valence-corrected chi connectivity index (χ0v) is 11.6. The first-order chi connectivity index (χ1) is 9.04. The number of nitro groups is 1. The molecule has 5 nitrogen and oxygen atoms in total. The highest BCUT2D eigenvalue weighted by Gasteiger charge is 2.30. The van der Waals surface area contributed by atoms with Gasteiger partial charge in [-0.3, -0.25) is 10.1 Å². The molecule has 1 saturated heterocycles. The van der Waals surface area contributed by atoms with Gasteiger partial charge in [0.15, 0.2) is 5.75 Å². The molecule has 1 aliphatic heterocycles. The molecule has 1 unspecified atom stereocenters. The minimum Gasteiger partial charge on any atom is -0.490 e. The Kier molecular flexibility index (Phi) is 4.04. The second-order valence-electron chi connectivity index (χ2n) is 5.23. The lowest BCUT2D eigenvalue weighted by molar-refractivity contribution is -0.385. The summed E-state index contributed by atoms with van der Waals surface area (Å²) >= 11 is 0. The van der Waals surface area contributed by atoms with Gasteiger partial charge in [0.1, 0.15) is 0 Å². The highest BCUT2D eigenvalue weighted by molar-refractivity contribution is 5.53. The van der Waals surface area contributed by atoms with Gasteiger partial charge < -0.3 is 9.64 Å². The van der Waals surface area contributed by atoms with Crippen molar-refractivity contribution in [2.45, 2.75) is 32.2 Å². The van der Waals surface area contributed by atoms with Gasteiger partial charge >= 0.3 is 5.69 Å². The molecule has 0 amide bonds. The minimum atomic E-state index is -0.377. The molecule has 1 aromatic carbocycles. The average Bonchev–Trinajstić information content (AvgIpc) is 2.87. The molecule has 104 valence electrons. The first-order valence-electron chi connectivity index (χ1n) is 6.60. The van der Waals surface area contributed by atoms with Crippen molar-refractivity contribution in [1.82, 2.24) is 4.90 Å².